The van der Waals surface area contributed by atoms with E-state index < -0.39 is 52.0 Å². The highest BCUT2D eigenvalue weighted by Gasteiger charge is 2.59. The summed E-state index contributed by atoms with van der Waals surface area (Å²) in [7, 11) is 0. The number of rotatable bonds is 4. The molecule has 0 saturated heterocycles. The van der Waals surface area contributed by atoms with Crippen LogP contribution in [0.1, 0.15) is 48.2 Å². The molecule has 0 bridgehead atoms. The van der Waals surface area contributed by atoms with Gasteiger partial charge in [-0.1, -0.05) is 44.2 Å². The summed E-state index contributed by atoms with van der Waals surface area (Å²) in [6, 6.07) is 11.2. The highest BCUT2D eigenvalue weighted by atomic mass is 16.3. The summed E-state index contributed by atoms with van der Waals surface area (Å²) < 4.78 is 0. The van der Waals surface area contributed by atoms with Crippen molar-refractivity contribution in [2.45, 2.75) is 45.1 Å². The quantitative estimate of drug-likeness (QED) is 0.400. The normalized spacial score (nSPS) is 25.2. The minimum absolute atomic E-state index is 0.0170. The van der Waals surface area contributed by atoms with E-state index >= 15 is 0 Å². The molecule has 5 rings (SSSR count). The number of carbonyl (C=O) groups excluding carboxylic acids is 3. The van der Waals surface area contributed by atoms with Crippen LogP contribution in [0.3, 0.4) is 0 Å². The van der Waals surface area contributed by atoms with Crippen molar-refractivity contribution in [1.82, 2.24) is 0 Å². The summed E-state index contributed by atoms with van der Waals surface area (Å²) in [4.78, 5) is 38.6. The molecule has 0 aliphatic heterocycles. The second-order valence-electron chi connectivity index (χ2n) is 10.7. The molecule has 192 valence electrons. The van der Waals surface area contributed by atoms with Crippen LogP contribution < -0.4 is 5.73 Å². The first-order valence-corrected chi connectivity index (χ1v) is 12.4. The van der Waals surface area contributed by atoms with Crippen LogP contribution in [0.4, 0.5) is 0 Å². The minimum atomic E-state index is -2.56. The van der Waals surface area contributed by atoms with Gasteiger partial charge in [0.1, 0.15) is 22.8 Å². The van der Waals surface area contributed by atoms with Gasteiger partial charge in [0, 0.05) is 17.9 Å². The van der Waals surface area contributed by atoms with Gasteiger partial charge in [-0.3, -0.25) is 14.4 Å². The van der Waals surface area contributed by atoms with Gasteiger partial charge in [0.2, 0.25) is 5.78 Å². The molecule has 3 atom stereocenters. The van der Waals surface area contributed by atoms with Crippen molar-refractivity contribution in [3.05, 3.63) is 75.8 Å². The molecular formula is C29H29NO7. The van der Waals surface area contributed by atoms with Gasteiger partial charge in [0.05, 0.1) is 5.56 Å². The van der Waals surface area contributed by atoms with Crippen LogP contribution in [0.25, 0.3) is 11.1 Å². The van der Waals surface area contributed by atoms with Crippen molar-refractivity contribution >= 4 is 17.5 Å². The Morgan fingerprint density at radius 3 is 2.51 bits per heavy atom. The van der Waals surface area contributed by atoms with E-state index in [1.165, 1.54) is 6.07 Å². The van der Waals surface area contributed by atoms with Crippen molar-refractivity contribution in [3.8, 4) is 16.9 Å². The van der Waals surface area contributed by atoms with Gasteiger partial charge >= 0.3 is 0 Å². The topological polar surface area (TPSA) is 158 Å². The predicted molar refractivity (Wildman–Crippen MR) is 135 cm³/mol. The fourth-order valence-electron chi connectivity index (χ4n) is 6.23. The number of allylic oxidation sites excluding steroid dienone is 2. The lowest BCUT2D eigenvalue weighted by Crippen LogP contribution is -2.57. The van der Waals surface area contributed by atoms with Gasteiger partial charge < -0.3 is 26.2 Å². The van der Waals surface area contributed by atoms with Crippen LogP contribution in [-0.4, -0.2) is 43.5 Å². The summed E-state index contributed by atoms with van der Waals surface area (Å²) >= 11 is 0. The minimum Gasteiger partial charge on any atom is -0.511 e. The smallest absolute Gasteiger partial charge is 0.255 e. The van der Waals surface area contributed by atoms with Gasteiger partial charge in [-0.25, -0.2) is 0 Å². The Labute approximate surface area is 213 Å². The number of phenols is 1. The van der Waals surface area contributed by atoms with E-state index in [9.17, 15) is 34.8 Å². The van der Waals surface area contributed by atoms with Gasteiger partial charge in [-0.05, 0) is 59.4 Å². The second-order valence-corrected chi connectivity index (χ2v) is 10.7. The molecule has 8 nitrogen and oxygen atoms in total. The van der Waals surface area contributed by atoms with E-state index in [0.717, 1.165) is 23.1 Å². The molecule has 3 aliphatic rings. The standard InChI is InChI=1S/C29H29NO7/c1-13(2)8-14-4-3-5-15(9-14)18-6-7-20(31)23-19(18)11-16-10-17-12-21(32)24(28(30)36)27(35)29(17,37)26(34)22(16)25(23)33/h3-7,9,13,16-17,31-32,34,37H,8,10-12H2,1-2H3,(H2,30,36)/t16-,17+,29+/m1/s1. The maximum atomic E-state index is 13.7. The molecule has 6 N–H and O–H groups in total. The van der Waals surface area contributed by atoms with Gasteiger partial charge in [0.25, 0.3) is 5.91 Å². The maximum absolute atomic E-state index is 13.7. The lowest BCUT2D eigenvalue weighted by Gasteiger charge is -2.45. The third-order valence-electron chi connectivity index (χ3n) is 7.83. The SMILES string of the molecule is CC(C)Cc1cccc(-c2ccc(O)c3c2C[C@H]2C[C@H]4CC(O)=C(C(N)=O)C(=O)[C@@]4(O)C(O)=C2C3=O)c1. The maximum Gasteiger partial charge on any atom is 0.255 e. The highest BCUT2D eigenvalue weighted by molar-refractivity contribution is 6.24. The first-order chi connectivity index (χ1) is 17.4. The van der Waals surface area contributed by atoms with Gasteiger partial charge in [0.15, 0.2) is 11.4 Å². The third kappa shape index (κ3) is 3.66. The lowest BCUT2D eigenvalue weighted by atomic mass is 9.60. The number of hydrogen-bond acceptors (Lipinski definition) is 7. The Balaban J connectivity index is 1.65. The number of phenolic OH excluding ortho intramolecular Hbond substituents is 1. The molecular weight excluding hydrogens is 474 g/mol. The zero-order chi connectivity index (χ0) is 26.8. The fraction of sp³-hybridized carbons (Fsp3) is 0.345. The molecule has 0 saturated carbocycles. The molecule has 8 heteroatoms. The first kappa shape index (κ1) is 24.8. The van der Waals surface area contributed by atoms with Crippen molar-refractivity contribution < 1.29 is 34.8 Å². The molecule has 0 spiro atoms. The Bertz CT molecular complexity index is 1430. The molecule has 1 amide bonds. The fourth-order valence-corrected chi connectivity index (χ4v) is 6.23. The number of amides is 1. The average Bonchev–Trinajstić information content (AvgIpc) is 2.81. The van der Waals surface area contributed by atoms with Gasteiger partial charge in [-0.2, -0.15) is 0 Å². The monoisotopic (exact) mass is 503 g/mol. The van der Waals surface area contributed by atoms with Crippen LogP contribution in [0.15, 0.2) is 59.1 Å². The van der Waals surface area contributed by atoms with E-state index in [-0.39, 0.29) is 36.1 Å². The Hall–Kier alpha value is -3.91. The molecule has 0 aromatic heterocycles. The van der Waals surface area contributed by atoms with E-state index in [0.29, 0.717) is 11.5 Å². The number of nitrogens with two attached hydrogens (primary N) is 1. The van der Waals surface area contributed by atoms with Crippen molar-refractivity contribution in [1.29, 1.82) is 0 Å². The summed E-state index contributed by atoms with van der Waals surface area (Å²) in [6.45, 7) is 4.27. The van der Waals surface area contributed by atoms with Gasteiger partial charge in [-0.15, -0.1) is 0 Å². The number of ketones is 2. The third-order valence-corrected chi connectivity index (χ3v) is 7.83. The predicted octanol–water partition coefficient (Wildman–Crippen LogP) is 3.45. The van der Waals surface area contributed by atoms with Crippen molar-refractivity contribution in [2.75, 3.05) is 0 Å². The second kappa shape index (κ2) is 8.59. The average molecular weight is 504 g/mol. The van der Waals surface area contributed by atoms with Crippen LogP contribution in [0.5, 0.6) is 5.75 Å². The summed E-state index contributed by atoms with van der Waals surface area (Å²) in [5.74, 6) is -5.84. The number of primary amides is 1. The Morgan fingerprint density at radius 2 is 1.84 bits per heavy atom. The van der Waals surface area contributed by atoms with Crippen LogP contribution >= 0.6 is 0 Å². The van der Waals surface area contributed by atoms with E-state index in [4.69, 9.17) is 5.73 Å². The Kier molecular flexibility index (Phi) is 5.75. The largest absolute Gasteiger partial charge is 0.511 e. The van der Waals surface area contributed by atoms with Crippen molar-refractivity contribution in [3.63, 3.8) is 0 Å². The zero-order valence-corrected chi connectivity index (χ0v) is 20.6. The van der Waals surface area contributed by atoms with Crippen LogP contribution in [-0.2, 0) is 22.4 Å². The molecule has 3 aliphatic carbocycles. The summed E-state index contributed by atoms with van der Waals surface area (Å²) in [5.41, 5.74) is 5.20. The summed E-state index contributed by atoms with van der Waals surface area (Å²) in [5, 5.41) is 43.5. The number of fused-ring (bicyclic) bond motifs is 3. The van der Waals surface area contributed by atoms with E-state index in [1.54, 1.807) is 6.07 Å². The summed E-state index contributed by atoms with van der Waals surface area (Å²) in [6.07, 6.45) is 1.01. The molecule has 2 aromatic carbocycles. The molecule has 37 heavy (non-hydrogen) atoms. The molecule has 0 radical (unpaired) electrons. The molecule has 0 fully saturated rings. The molecule has 0 heterocycles. The van der Waals surface area contributed by atoms with E-state index in [1.807, 2.05) is 18.2 Å². The zero-order valence-electron chi connectivity index (χ0n) is 20.6. The number of carbonyl (C=O) groups is 3. The van der Waals surface area contributed by atoms with Crippen LogP contribution in [0.2, 0.25) is 0 Å². The Morgan fingerprint density at radius 1 is 1.11 bits per heavy atom. The van der Waals surface area contributed by atoms with Crippen LogP contribution in [0, 0.1) is 17.8 Å². The van der Waals surface area contributed by atoms with E-state index in [2.05, 4.69) is 19.9 Å². The first-order valence-electron chi connectivity index (χ1n) is 12.4. The number of benzene rings is 2. The lowest BCUT2D eigenvalue weighted by molar-refractivity contribution is -0.144. The molecule has 0 unspecified atom stereocenters. The number of Topliss-reactive ketones (excluding diaryl/α,β-unsaturated/α-hetero) is 2. The number of aliphatic hydroxyl groups excluding tert-OH is 2. The highest BCUT2D eigenvalue weighted by Crippen LogP contribution is 2.52. The van der Waals surface area contributed by atoms with Crippen molar-refractivity contribution in [2.24, 2.45) is 23.5 Å². The number of aliphatic hydroxyl groups is 3. The number of aromatic hydroxyl groups is 1. The molecule has 2 aromatic rings. The number of hydrogen-bond donors (Lipinski definition) is 5.